The van der Waals surface area contributed by atoms with Crippen molar-refractivity contribution in [2.75, 3.05) is 0 Å². The lowest BCUT2D eigenvalue weighted by Crippen LogP contribution is -2.14. The van der Waals surface area contributed by atoms with Crippen LogP contribution in [-0.4, -0.2) is 16.1 Å². The molecule has 0 aliphatic rings. The third-order valence-corrected chi connectivity index (χ3v) is 3.88. The summed E-state index contributed by atoms with van der Waals surface area (Å²) in [4.78, 5) is 16.0. The number of hydrogen-bond acceptors (Lipinski definition) is 4. The molecule has 2 aromatic rings. The smallest absolute Gasteiger partial charge is 0.354 e. The van der Waals surface area contributed by atoms with Crippen molar-refractivity contribution in [1.82, 2.24) is 10.3 Å². The number of pyridine rings is 1. The van der Waals surface area contributed by atoms with Crippen LogP contribution in [0.15, 0.2) is 34.1 Å². The Morgan fingerprint density at radius 2 is 2.17 bits per heavy atom. The van der Waals surface area contributed by atoms with Gasteiger partial charge in [-0.05, 0) is 40.2 Å². The highest BCUT2D eigenvalue weighted by Crippen LogP contribution is 2.21. The summed E-state index contributed by atoms with van der Waals surface area (Å²) in [6.45, 7) is 1.30. The van der Waals surface area contributed by atoms with Crippen LogP contribution >= 0.6 is 27.3 Å². The monoisotopic (exact) mass is 326 g/mol. The highest BCUT2D eigenvalue weighted by molar-refractivity contribution is 9.11. The molecule has 2 rings (SSSR count). The minimum atomic E-state index is -1.00. The SMILES string of the molecule is O=C(O)c1cccc(CNCc2ccc(Br)s2)n1. The van der Waals surface area contributed by atoms with Gasteiger partial charge in [0.25, 0.3) is 0 Å². The molecule has 0 bridgehead atoms. The van der Waals surface area contributed by atoms with E-state index in [4.69, 9.17) is 5.11 Å². The van der Waals surface area contributed by atoms with Crippen LogP contribution in [0, 0.1) is 0 Å². The first-order valence-electron chi connectivity index (χ1n) is 5.29. The van der Waals surface area contributed by atoms with Crippen LogP contribution in [0.5, 0.6) is 0 Å². The van der Waals surface area contributed by atoms with Crippen molar-refractivity contribution in [3.63, 3.8) is 0 Å². The van der Waals surface area contributed by atoms with Crippen LogP contribution in [0.25, 0.3) is 0 Å². The van der Waals surface area contributed by atoms with Crippen molar-refractivity contribution in [2.45, 2.75) is 13.1 Å². The van der Waals surface area contributed by atoms with Gasteiger partial charge in [-0.3, -0.25) is 0 Å². The summed E-state index contributed by atoms with van der Waals surface area (Å²) in [5.41, 5.74) is 0.804. The van der Waals surface area contributed by atoms with Gasteiger partial charge in [0.2, 0.25) is 0 Å². The van der Waals surface area contributed by atoms with Crippen LogP contribution in [0.3, 0.4) is 0 Å². The molecule has 0 aliphatic carbocycles. The first-order valence-corrected chi connectivity index (χ1v) is 6.90. The molecule has 18 heavy (non-hydrogen) atoms. The Bertz CT molecular complexity index is 557. The average molecular weight is 327 g/mol. The molecule has 2 aromatic heterocycles. The predicted molar refractivity (Wildman–Crippen MR) is 73.8 cm³/mol. The Hall–Kier alpha value is -1.24. The van der Waals surface area contributed by atoms with Crippen LogP contribution in [0.2, 0.25) is 0 Å². The summed E-state index contributed by atoms with van der Waals surface area (Å²) in [7, 11) is 0. The van der Waals surface area contributed by atoms with E-state index in [1.54, 1.807) is 17.4 Å². The quantitative estimate of drug-likeness (QED) is 0.886. The van der Waals surface area contributed by atoms with Gasteiger partial charge in [0.1, 0.15) is 5.69 Å². The Labute approximate surface area is 117 Å². The summed E-state index contributed by atoms with van der Waals surface area (Å²) < 4.78 is 1.10. The Morgan fingerprint density at radius 3 is 2.83 bits per heavy atom. The lowest BCUT2D eigenvalue weighted by atomic mass is 10.3. The number of nitrogens with one attached hydrogen (secondary N) is 1. The van der Waals surface area contributed by atoms with E-state index in [2.05, 4.69) is 26.2 Å². The first kappa shape index (κ1) is 13.2. The van der Waals surface area contributed by atoms with E-state index in [0.717, 1.165) is 16.0 Å². The van der Waals surface area contributed by atoms with Crippen molar-refractivity contribution in [3.8, 4) is 0 Å². The number of carbonyl (C=O) groups is 1. The van der Waals surface area contributed by atoms with Crippen LogP contribution < -0.4 is 5.32 Å². The van der Waals surface area contributed by atoms with Crippen molar-refractivity contribution in [1.29, 1.82) is 0 Å². The van der Waals surface area contributed by atoms with Crippen LogP contribution in [-0.2, 0) is 13.1 Å². The van der Waals surface area contributed by atoms with E-state index in [1.165, 1.54) is 10.9 Å². The van der Waals surface area contributed by atoms with E-state index >= 15 is 0 Å². The number of hydrogen-bond donors (Lipinski definition) is 2. The second kappa shape index (κ2) is 6.08. The van der Waals surface area contributed by atoms with Gasteiger partial charge in [0.05, 0.1) is 9.48 Å². The predicted octanol–water partition coefficient (Wildman–Crippen LogP) is 2.89. The summed E-state index contributed by atoms with van der Waals surface area (Å²) in [6.07, 6.45) is 0. The normalized spacial score (nSPS) is 10.5. The maximum Gasteiger partial charge on any atom is 0.354 e. The standard InChI is InChI=1S/C12H11BrN2O2S/c13-11-5-4-9(18-11)7-14-6-8-2-1-3-10(15-8)12(16)17/h1-5,14H,6-7H2,(H,16,17). The first-order chi connectivity index (χ1) is 8.65. The summed E-state index contributed by atoms with van der Waals surface area (Å²) in [5.74, 6) is -1.00. The maximum absolute atomic E-state index is 10.8. The maximum atomic E-state index is 10.8. The highest BCUT2D eigenvalue weighted by atomic mass is 79.9. The molecule has 2 heterocycles. The molecule has 94 valence electrons. The molecule has 2 N–H and O–H groups in total. The van der Waals surface area contributed by atoms with Gasteiger partial charge in [-0.15, -0.1) is 11.3 Å². The van der Waals surface area contributed by atoms with E-state index in [-0.39, 0.29) is 5.69 Å². The number of thiophene rings is 1. The topological polar surface area (TPSA) is 62.2 Å². The number of aromatic carboxylic acids is 1. The lowest BCUT2D eigenvalue weighted by molar-refractivity contribution is 0.0690. The largest absolute Gasteiger partial charge is 0.477 e. The minimum absolute atomic E-state index is 0.0770. The number of carboxylic acids is 1. The molecule has 0 fully saturated rings. The molecule has 0 aromatic carbocycles. The Balaban J connectivity index is 1.90. The summed E-state index contributed by atoms with van der Waals surface area (Å²) in [6, 6.07) is 9.05. The second-order valence-corrected chi connectivity index (χ2v) is 6.18. The van der Waals surface area contributed by atoms with Gasteiger partial charge in [-0.2, -0.15) is 0 Å². The lowest BCUT2D eigenvalue weighted by Gasteiger charge is -2.03. The summed E-state index contributed by atoms with van der Waals surface area (Å²) >= 11 is 5.08. The Morgan fingerprint density at radius 1 is 1.33 bits per heavy atom. The van der Waals surface area contributed by atoms with E-state index in [1.807, 2.05) is 18.2 Å². The van der Waals surface area contributed by atoms with Gasteiger partial charge >= 0.3 is 5.97 Å². The summed E-state index contributed by atoms with van der Waals surface area (Å²) in [5, 5.41) is 12.1. The second-order valence-electron chi connectivity index (χ2n) is 3.63. The molecule has 0 radical (unpaired) electrons. The van der Waals surface area contributed by atoms with Crippen LogP contribution in [0.1, 0.15) is 21.1 Å². The molecule has 0 saturated heterocycles. The number of carboxylic acid groups (broad SMARTS) is 1. The molecule has 0 atom stereocenters. The number of rotatable bonds is 5. The fraction of sp³-hybridized carbons (Fsp3) is 0.167. The third kappa shape index (κ3) is 3.63. The zero-order valence-corrected chi connectivity index (χ0v) is 11.8. The molecular formula is C12H11BrN2O2S. The average Bonchev–Trinajstić information content (AvgIpc) is 2.75. The van der Waals surface area contributed by atoms with Crippen molar-refractivity contribution < 1.29 is 9.90 Å². The zero-order chi connectivity index (χ0) is 13.0. The molecule has 6 heteroatoms. The molecule has 0 amide bonds. The number of nitrogens with zero attached hydrogens (tertiary/aromatic N) is 1. The van der Waals surface area contributed by atoms with Crippen molar-refractivity contribution >= 4 is 33.2 Å². The molecule has 0 spiro atoms. The minimum Gasteiger partial charge on any atom is -0.477 e. The van der Waals surface area contributed by atoms with Gasteiger partial charge < -0.3 is 10.4 Å². The van der Waals surface area contributed by atoms with Gasteiger partial charge in [-0.1, -0.05) is 6.07 Å². The fourth-order valence-electron chi connectivity index (χ4n) is 1.46. The molecule has 0 aliphatic heterocycles. The Kier molecular flexibility index (Phi) is 4.46. The van der Waals surface area contributed by atoms with E-state index in [0.29, 0.717) is 6.54 Å². The van der Waals surface area contributed by atoms with E-state index < -0.39 is 5.97 Å². The molecular weight excluding hydrogens is 316 g/mol. The fourth-order valence-corrected chi connectivity index (χ4v) is 2.91. The molecule has 0 saturated carbocycles. The number of aromatic nitrogens is 1. The number of halogens is 1. The van der Waals surface area contributed by atoms with Gasteiger partial charge in [-0.25, -0.2) is 9.78 Å². The third-order valence-electron chi connectivity index (χ3n) is 2.26. The van der Waals surface area contributed by atoms with Gasteiger partial charge in [0, 0.05) is 18.0 Å². The van der Waals surface area contributed by atoms with Crippen LogP contribution in [0.4, 0.5) is 0 Å². The molecule has 4 nitrogen and oxygen atoms in total. The van der Waals surface area contributed by atoms with Gasteiger partial charge in [0.15, 0.2) is 0 Å². The van der Waals surface area contributed by atoms with E-state index in [9.17, 15) is 4.79 Å². The molecule has 0 unspecified atom stereocenters. The zero-order valence-electron chi connectivity index (χ0n) is 9.39. The highest BCUT2D eigenvalue weighted by Gasteiger charge is 2.05. The van der Waals surface area contributed by atoms with Crippen molar-refractivity contribution in [2.24, 2.45) is 0 Å². The van der Waals surface area contributed by atoms with Crippen molar-refractivity contribution in [3.05, 3.63) is 50.4 Å².